The van der Waals surface area contributed by atoms with Crippen molar-refractivity contribution in [2.75, 3.05) is 24.7 Å². The fourth-order valence-electron chi connectivity index (χ4n) is 3.02. The van der Waals surface area contributed by atoms with Gasteiger partial charge < -0.3 is 9.64 Å². The van der Waals surface area contributed by atoms with Crippen LogP contribution in [0.2, 0.25) is 0 Å². The van der Waals surface area contributed by atoms with E-state index in [0.29, 0.717) is 19.8 Å². The van der Waals surface area contributed by atoms with Crippen LogP contribution in [-0.4, -0.2) is 25.7 Å². The molecule has 23 heavy (non-hydrogen) atoms. The van der Waals surface area contributed by atoms with Crippen LogP contribution in [0.3, 0.4) is 0 Å². The maximum Gasteiger partial charge on any atom is 0.230 e. The lowest BCUT2D eigenvalue weighted by atomic mass is 9.98. The predicted molar refractivity (Wildman–Crippen MR) is 92.5 cm³/mol. The standard InChI is InChI=1S/C20H23NO2/c22-20(18-12-15-23-16-13-18)21(19-9-5-2-6-10-19)14-11-17-7-3-1-4-8-17/h1-10,18H,11-16H2. The molecule has 1 aliphatic rings. The van der Waals surface area contributed by atoms with Gasteiger partial charge >= 0.3 is 0 Å². The third-order valence-electron chi connectivity index (χ3n) is 4.37. The van der Waals surface area contributed by atoms with Crippen LogP contribution in [0.15, 0.2) is 60.7 Å². The van der Waals surface area contributed by atoms with E-state index in [2.05, 4.69) is 12.1 Å². The molecule has 1 fully saturated rings. The maximum atomic E-state index is 13.0. The zero-order valence-corrected chi connectivity index (χ0v) is 13.4. The van der Waals surface area contributed by atoms with Gasteiger partial charge in [0.25, 0.3) is 0 Å². The van der Waals surface area contributed by atoms with E-state index in [1.165, 1.54) is 5.56 Å². The zero-order valence-electron chi connectivity index (χ0n) is 13.4. The van der Waals surface area contributed by atoms with E-state index in [1.807, 2.05) is 53.4 Å². The van der Waals surface area contributed by atoms with E-state index >= 15 is 0 Å². The van der Waals surface area contributed by atoms with Crippen molar-refractivity contribution in [2.24, 2.45) is 5.92 Å². The Hall–Kier alpha value is -2.13. The van der Waals surface area contributed by atoms with Crippen LogP contribution >= 0.6 is 0 Å². The van der Waals surface area contributed by atoms with Gasteiger partial charge in [-0.25, -0.2) is 0 Å². The summed E-state index contributed by atoms with van der Waals surface area (Å²) in [5.41, 5.74) is 2.24. The number of hydrogen-bond donors (Lipinski definition) is 0. The van der Waals surface area contributed by atoms with E-state index in [-0.39, 0.29) is 11.8 Å². The SMILES string of the molecule is O=C(C1CCOCC1)N(CCc1ccccc1)c1ccccc1. The number of benzene rings is 2. The number of nitrogens with zero attached hydrogens (tertiary/aromatic N) is 1. The van der Waals surface area contributed by atoms with Crippen LogP contribution in [0.25, 0.3) is 0 Å². The third kappa shape index (κ3) is 4.20. The largest absolute Gasteiger partial charge is 0.381 e. The lowest BCUT2D eigenvalue weighted by Crippen LogP contribution is -2.39. The minimum atomic E-state index is 0.0831. The molecule has 0 aliphatic carbocycles. The summed E-state index contributed by atoms with van der Waals surface area (Å²) in [5, 5.41) is 0. The molecule has 2 aromatic rings. The fraction of sp³-hybridized carbons (Fsp3) is 0.350. The topological polar surface area (TPSA) is 29.5 Å². The van der Waals surface area contributed by atoms with E-state index < -0.39 is 0 Å². The highest BCUT2D eigenvalue weighted by Gasteiger charge is 2.27. The van der Waals surface area contributed by atoms with Crippen LogP contribution < -0.4 is 4.90 Å². The Kier molecular flexibility index (Phi) is 5.43. The average molecular weight is 309 g/mol. The van der Waals surface area contributed by atoms with Gasteiger partial charge in [-0.3, -0.25) is 4.79 Å². The molecule has 0 aromatic heterocycles. The van der Waals surface area contributed by atoms with Crippen molar-refractivity contribution in [2.45, 2.75) is 19.3 Å². The van der Waals surface area contributed by atoms with Gasteiger partial charge in [-0.15, -0.1) is 0 Å². The highest BCUT2D eigenvalue weighted by molar-refractivity contribution is 5.95. The number of ether oxygens (including phenoxy) is 1. The normalized spacial score (nSPS) is 15.3. The molecular weight excluding hydrogens is 286 g/mol. The molecule has 0 unspecified atom stereocenters. The summed E-state index contributed by atoms with van der Waals surface area (Å²) in [7, 11) is 0. The molecule has 0 atom stereocenters. The molecule has 0 N–H and O–H groups in total. The van der Waals surface area contributed by atoms with Gasteiger partial charge in [0.1, 0.15) is 0 Å². The first kappa shape index (κ1) is 15.8. The van der Waals surface area contributed by atoms with Crippen molar-refractivity contribution >= 4 is 11.6 Å². The molecule has 0 spiro atoms. The summed E-state index contributed by atoms with van der Waals surface area (Å²) < 4.78 is 5.39. The molecule has 0 radical (unpaired) electrons. The third-order valence-corrected chi connectivity index (χ3v) is 4.37. The van der Waals surface area contributed by atoms with Crippen molar-refractivity contribution in [1.82, 2.24) is 0 Å². The van der Waals surface area contributed by atoms with Gasteiger partial charge in [-0.1, -0.05) is 48.5 Å². The highest BCUT2D eigenvalue weighted by Crippen LogP contribution is 2.22. The molecular formula is C20H23NO2. The number of para-hydroxylation sites is 1. The quantitative estimate of drug-likeness (QED) is 0.843. The van der Waals surface area contributed by atoms with Gasteiger partial charge in [0.2, 0.25) is 5.91 Å². The molecule has 1 amide bonds. The number of hydrogen-bond acceptors (Lipinski definition) is 2. The molecule has 1 saturated heterocycles. The number of anilines is 1. The molecule has 3 heteroatoms. The van der Waals surface area contributed by atoms with Crippen LogP contribution in [0, 0.1) is 5.92 Å². The molecule has 120 valence electrons. The van der Waals surface area contributed by atoms with Crippen molar-refractivity contribution in [1.29, 1.82) is 0 Å². The molecule has 0 saturated carbocycles. The Bertz CT molecular complexity index is 606. The monoisotopic (exact) mass is 309 g/mol. The smallest absolute Gasteiger partial charge is 0.230 e. The second kappa shape index (κ2) is 7.93. The minimum Gasteiger partial charge on any atom is -0.381 e. The average Bonchev–Trinajstić information content (AvgIpc) is 2.64. The van der Waals surface area contributed by atoms with Gasteiger partial charge in [0, 0.05) is 31.4 Å². The summed E-state index contributed by atoms with van der Waals surface area (Å²) >= 11 is 0. The highest BCUT2D eigenvalue weighted by atomic mass is 16.5. The Labute approximate surface area is 137 Å². The van der Waals surface area contributed by atoms with Crippen LogP contribution in [0.5, 0.6) is 0 Å². The van der Waals surface area contributed by atoms with Gasteiger partial charge in [-0.2, -0.15) is 0 Å². The van der Waals surface area contributed by atoms with Gasteiger partial charge in [-0.05, 0) is 37.0 Å². The maximum absolute atomic E-state index is 13.0. The number of carbonyl (C=O) groups is 1. The summed E-state index contributed by atoms with van der Waals surface area (Å²) in [6, 6.07) is 20.3. The lowest BCUT2D eigenvalue weighted by molar-refractivity contribution is -0.125. The number of amides is 1. The van der Waals surface area contributed by atoms with Crippen molar-refractivity contribution in [3.8, 4) is 0 Å². The Balaban J connectivity index is 1.74. The predicted octanol–water partition coefficient (Wildman–Crippen LogP) is 3.69. The first-order valence-corrected chi connectivity index (χ1v) is 8.33. The van der Waals surface area contributed by atoms with Crippen molar-refractivity contribution < 1.29 is 9.53 Å². The Morgan fingerprint density at radius 2 is 1.57 bits per heavy atom. The minimum absolute atomic E-state index is 0.0831. The second-order valence-electron chi connectivity index (χ2n) is 5.95. The Morgan fingerprint density at radius 3 is 2.22 bits per heavy atom. The van der Waals surface area contributed by atoms with Gasteiger partial charge in [0.15, 0.2) is 0 Å². The molecule has 1 heterocycles. The van der Waals surface area contributed by atoms with Gasteiger partial charge in [0.05, 0.1) is 0 Å². The first-order valence-electron chi connectivity index (χ1n) is 8.33. The Morgan fingerprint density at radius 1 is 0.957 bits per heavy atom. The molecule has 0 bridgehead atoms. The van der Waals surface area contributed by atoms with Crippen LogP contribution in [0.4, 0.5) is 5.69 Å². The number of rotatable bonds is 5. The van der Waals surface area contributed by atoms with E-state index in [0.717, 1.165) is 24.9 Å². The fourth-order valence-corrected chi connectivity index (χ4v) is 3.02. The van der Waals surface area contributed by atoms with E-state index in [4.69, 9.17) is 4.74 Å². The lowest BCUT2D eigenvalue weighted by Gasteiger charge is -2.29. The molecule has 3 nitrogen and oxygen atoms in total. The first-order chi connectivity index (χ1) is 11.3. The molecule has 2 aromatic carbocycles. The van der Waals surface area contributed by atoms with E-state index in [1.54, 1.807) is 0 Å². The molecule has 1 aliphatic heterocycles. The summed E-state index contributed by atoms with van der Waals surface area (Å²) in [6.45, 7) is 2.10. The van der Waals surface area contributed by atoms with Crippen LogP contribution in [0.1, 0.15) is 18.4 Å². The second-order valence-corrected chi connectivity index (χ2v) is 5.95. The molecule has 3 rings (SSSR count). The number of carbonyl (C=O) groups excluding carboxylic acids is 1. The van der Waals surface area contributed by atoms with Crippen molar-refractivity contribution in [3.63, 3.8) is 0 Å². The van der Waals surface area contributed by atoms with E-state index in [9.17, 15) is 4.79 Å². The summed E-state index contributed by atoms with van der Waals surface area (Å²) in [6.07, 6.45) is 2.52. The summed E-state index contributed by atoms with van der Waals surface area (Å²) in [4.78, 5) is 14.9. The van der Waals surface area contributed by atoms with Crippen molar-refractivity contribution in [3.05, 3.63) is 66.2 Å². The van der Waals surface area contributed by atoms with Crippen LogP contribution in [-0.2, 0) is 16.0 Å². The zero-order chi connectivity index (χ0) is 15.9. The summed E-state index contributed by atoms with van der Waals surface area (Å²) in [5.74, 6) is 0.315.